The maximum absolute atomic E-state index is 5.92. The van der Waals surface area contributed by atoms with Gasteiger partial charge in [-0.2, -0.15) is 0 Å². The zero-order valence-electron chi connectivity index (χ0n) is 16.9. The number of rotatable bonds is 7. The lowest BCUT2D eigenvalue weighted by Crippen LogP contribution is -2.41. The van der Waals surface area contributed by atoms with Gasteiger partial charge in [-0.1, -0.05) is 11.6 Å². The number of hydrogen-bond acceptors (Lipinski definition) is 5. The van der Waals surface area contributed by atoms with Gasteiger partial charge in [-0.25, -0.2) is 4.98 Å². The van der Waals surface area contributed by atoms with Crippen LogP contribution in [0.1, 0.15) is 12.5 Å². The predicted octanol–water partition coefficient (Wildman–Crippen LogP) is 3.42. The fraction of sp³-hybridized carbons (Fsp3) is 0.429. The molecule has 1 saturated heterocycles. The predicted molar refractivity (Wildman–Crippen MR) is 122 cm³/mol. The number of benzene rings is 1. The minimum atomic E-state index is 0.237. The second kappa shape index (κ2) is 11.3. The summed E-state index contributed by atoms with van der Waals surface area (Å²) in [6.07, 6.45) is 2.10. The molecule has 2 heterocycles. The molecule has 1 fully saturated rings. The molecule has 2 N–H and O–H groups in total. The van der Waals surface area contributed by atoms with Crippen LogP contribution in [0.25, 0.3) is 0 Å². The minimum Gasteiger partial charge on any atom is -0.375 e. The van der Waals surface area contributed by atoms with Crippen molar-refractivity contribution in [2.45, 2.75) is 24.5 Å². The number of pyridine rings is 1. The molecule has 1 aliphatic rings. The van der Waals surface area contributed by atoms with E-state index in [1.54, 1.807) is 18.8 Å². The number of aromatic nitrogens is 1. The topological polar surface area (TPSA) is 61.8 Å². The third-order valence-electron chi connectivity index (χ3n) is 4.54. The van der Waals surface area contributed by atoms with Crippen molar-refractivity contribution in [2.75, 3.05) is 43.9 Å². The zero-order chi connectivity index (χ0) is 20.5. The highest BCUT2D eigenvalue weighted by Gasteiger charge is 2.18. The lowest BCUT2D eigenvalue weighted by Gasteiger charge is -2.32. The van der Waals surface area contributed by atoms with E-state index in [-0.39, 0.29) is 6.10 Å². The fourth-order valence-corrected chi connectivity index (χ4v) is 3.94. The van der Waals surface area contributed by atoms with Crippen LogP contribution in [0.15, 0.2) is 52.5 Å². The van der Waals surface area contributed by atoms with Crippen LogP contribution in [0.4, 0.5) is 5.82 Å². The number of thioether (sulfide) groups is 1. The van der Waals surface area contributed by atoms with Crippen molar-refractivity contribution in [1.29, 1.82) is 0 Å². The van der Waals surface area contributed by atoms with E-state index in [1.807, 2.05) is 36.5 Å². The number of anilines is 1. The molecule has 1 unspecified atom stereocenters. The molecule has 1 aromatic carbocycles. The van der Waals surface area contributed by atoms with Crippen molar-refractivity contribution >= 4 is 35.1 Å². The first kappa shape index (κ1) is 21.7. The average Bonchev–Trinajstić information content (AvgIpc) is 2.75. The number of ether oxygens (including phenoxy) is 1. The molecule has 1 aromatic heterocycles. The van der Waals surface area contributed by atoms with E-state index in [0.717, 1.165) is 48.8 Å². The number of halogens is 1. The lowest BCUT2D eigenvalue weighted by atomic mass is 10.2. The van der Waals surface area contributed by atoms with Crippen molar-refractivity contribution in [3.63, 3.8) is 0 Å². The highest BCUT2D eigenvalue weighted by Crippen LogP contribution is 2.19. The van der Waals surface area contributed by atoms with Gasteiger partial charge in [-0.05, 0) is 48.9 Å². The van der Waals surface area contributed by atoms with Crippen LogP contribution in [0.3, 0.4) is 0 Å². The lowest BCUT2D eigenvalue weighted by molar-refractivity contribution is 0.0529. The third kappa shape index (κ3) is 7.10. The summed E-state index contributed by atoms with van der Waals surface area (Å²) in [5, 5.41) is 7.49. The molecule has 29 heavy (non-hydrogen) atoms. The molecule has 8 heteroatoms. The second-order valence-electron chi connectivity index (χ2n) is 6.80. The van der Waals surface area contributed by atoms with Crippen LogP contribution in [0.2, 0.25) is 5.02 Å². The number of morpholine rings is 1. The molecule has 0 amide bonds. The summed E-state index contributed by atoms with van der Waals surface area (Å²) in [6.45, 7) is 6.11. The van der Waals surface area contributed by atoms with Crippen molar-refractivity contribution < 1.29 is 4.74 Å². The molecular formula is C21H28ClN5OS. The van der Waals surface area contributed by atoms with E-state index in [2.05, 4.69) is 38.5 Å². The SMILES string of the molecule is CN=C(NCCSc1ccc(Cl)cc1)NCc1ccnc(N2CCOC(C)C2)c1. The maximum atomic E-state index is 5.92. The summed E-state index contributed by atoms with van der Waals surface area (Å²) < 4.78 is 5.62. The second-order valence-corrected chi connectivity index (χ2v) is 8.41. The fourth-order valence-electron chi connectivity index (χ4n) is 3.05. The number of aliphatic imine (C=N–C) groups is 1. The van der Waals surface area contributed by atoms with E-state index in [9.17, 15) is 0 Å². The normalized spacial score (nSPS) is 17.3. The third-order valence-corrected chi connectivity index (χ3v) is 5.80. The average molecular weight is 434 g/mol. The number of nitrogens with one attached hydrogen (secondary N) is 2. The molecule has 0 saturated carbocycles. The van der Waals surface area contributed by atoms with Gasteiger partial charge in [-0.3, -0.25) is 4.99 Å². The van der Waals surface area contributed by atoms with Gasteiger partial charge in [0, 0.05) is 55.1 Å². The number of nitrogens with zero attached hydrogens (tertiary/aromatic N) is 3. The first-order valence-corrected chi connectivity index (χ1v) is 11.1. The van der Waals surface area contributed by atoms with Gasteiger partial charge >= 0.3 is 0 Å². The van der Waals surface area contributed by atoms with Gasteiger partial charge in [0.15, 0.2) is 5.96 Å². The molecule has 156 valence electrons. The first-order chi connectivity index (χ1) is 14.1. The monoisotopic (exact) mass is 433 g/mol. The Balaban J connectivity index is 1.43. The highest BCUT2D eigenvalue weighted by molar-refractivity contribution is 7.99. The Morgan fingerprint density at radius 3 is 2.90 bits per heavy atom. The smallest absolute Gasteiger partial charge is 0.191 e. The molecule has 3 rings (SSSR count). The van der Waals surface area contributed by atoms with Crippen molar-refractivity contribution in [3.8, 4) is 0 Å². The van der Waals surface area contributed by atoms with E-state index in [4.69, 9.17) is 16.3 Å². The summed E-state index contributed by atoms with van der Waals surface area (Å²) in [4.78, 5) is 12.3. The molecule has 1 aliphatic heterocycles. The summed E-state index contributed by atoms with van der Waals surface area (Å²) in [5.41, 5.74) is 1.17. The number of hydrogen-bond donors (Lipinski definition) is 2. The molecular weight excluding hydrogens is 406 g/mol. The largest absolute Gasteiger partial charge is 0.375 e. The molecule has 0 aliphatic carbocycles. The summed E-state index contributed by atoms with van der Waals surface area (Å²) in [7, 11) is 1.79. The van der Waals surface area contributed by atoms with Gasteiger partial charge in [0.2, 0.25) is 0 Å². The summed E-state index contributed by atoms with van der Waals surface area (Å²) in [5.74, 6) is 2.73. The first-order valence-electron chi connectivity index (χ1n) is 9.78. The van der Waals surface area contributed by atoms with Crippen LogP contribution in [0, 0.1) is 0 Å². The molecule has 6 nitrogen and oxygen atoms in total. The standard InChI is InChI=1S/C21H28ClN5OS/c1-16-15-27(10-11-28-16)20-13-17(7-8-24-20)14-26-21(23-2)25-9-12-29-19-5-3-18(22)4-6-19/h3-8,13,16H,9-12,14-15H2,1-2H3,(H2,23,25,26). The maximum Gasteiger partial charge on any atom is 0.191 e. The van der Waals surface area contributed by atoms with E-state index in [0.29, 0.717) is 6.54 Å². The quantitative estimate of drug-likeness (QED) is 0.302. The molecule has 0 bridgehead atoms. The van der Waals surface area contributed by atoms with Crippen LogP contribution < -0.4 is 15.5 Å². The van der Waals surface area contributed by atoms with Gasteiger partial charge < -0.3 is 20.3 Å². The minimum absolute atomic E-state index is 0.237. The molecule has 2 aromatic rings. The zero-order valence-corrected chi connectivity index (χ0v) is 18.5. The van der Waals surface area contributed by atoms with Crippen molar-refractivity contribution in [3.05, 3.63) is 53.2 Å². The molecule has 0 spiro atoms. The Bertz CT molecular complexity index is 802. The van der Waals surface area contributed by atoms with Crippen molar-refractivity contribution in [1.82, 2.24) is 15.6 Å². The summed E-state index contributed by atoms with van der Waals surface area (Å²) >= 11 is 7.71. The molecule has 0 radical (unpaired) electrons. The number of guanidine groups is 1. The van der Waals surface area contributed by atoms with Crippen LogP contribution >= 0.6 is 23.4 Å². The van der Waals surface area contributed by atoms with Crippen LogP contribution in [-0.4, -0.2) is 56.1 Å². The Morgan fingerprint density at radius 2 is 2.14 bits per heavy atom. The Kier molecular flexibility index (Phi) is 8.46. The summed E-state index contributed by atoms with van der Waals surface area (Å²) in [6, 6.07) is 12.1. The van der Waals surface area contributed by atoms with E-state index >= 15 is 0 Å². The molecule has 1 atom stereocenters. The van der Waals surface area contributed by atoms with Crippen molar-refractivity contribution in [2.24, 2.45) is 4.99 Å². The van der Waals surface area contributed by atoms with E-state index < -0.39 is 0 Å². The van der Waals surface area contributed by atoms with Gasteiger partial charge in [0.1, 0.15) is 5.82 Å². The van der Waals surface area contributed by atoms with Gasteiger partial charge in [-0.15, -0.1) is 11.8 Å². The Morgan fingerprint density at radius 1 is 1.31 bits per heavy atom. The Labute approximate surface area is 182 Å². The van der Waals surface area contributed by atoms with Gasteiger partial charge in [0.05, 0.1) is 12.7 Å². The highest BCUT2D eigenvalue weighted by atomic mass is 35.5. The van der Waals surface area contributed by atoms with Crippen LogP contribution in [0.5, 0.6) is 0 Å². The Hall–Kier alpha value is -1.96. The van der Waals surface area contributed by atoms with Crippen LogP contribution in [-0.2, 0) is 11.3 Å². The van der Waals surface area contributed by atoms with Gasteiger partial charge in [0.25, 0.3) is 0 Å². The van der Waals surface area contributed by atoms with E-state index in [1.165, 1.54) is 10.5 Å².